The summed E-state index contributed by atoms with van der Waals surface area (Å²) in [7, 11) is 0. The summed E-state index contributed by atoms with van der Waals surface area (Å²) in [5.41, 5.74) is 0. The Morgan fingerprint density at radius 1 is 1.37 bits per heavy atom. The number of hydrogen-bond acceptors (Lipinski definition) is 2. The highest BCUT2D eigenvalue weighted by atomic mass is 79.9. The van der Waals surface area contributed by atoms with Gasteiger partial charge in [-0.25, -0.2) is 0 Å². The van der Waals surface area contributed by atoms with Gasteiger partial charge in [0.25, 0.3) is 0 Å². The summed E-state index contributed by atoms with van der Waals surface area (Å²) in [5, 5.41) is 0. The Kier molecular flexibility index (Phi) is 5.95. The summed E-state index contributed by atoms with van der Waals surface area (Å²) in [6.07, 6.45) is 13.7. The number of ether oxygens (including phenoxy) is 2. The Labute approximate surface area is 132 Å². The van der Waals surface area contributed by atoms with E-state index < -0.39 is 0 Å². The third-order valence-corrected chi connectivity index (χ3v) is 6.02. The van der Waals surface area contributed by atoms with Gasteiger partial charge in [-0.05, 0) is 25.3 Å². The SMILES string of the molecule is C#C/C=C/C[C@@H]1O[C@H]2C[C@@H]1O[C@@H](C(Br)CC)C[C@@H]2Br. The van der Waals surface area contributed by atoms with Crippen LogP contribution in [0.3, 0.4) is 0 Å². The van der Waals surface area contributed by atoms with Gasteiger partial charge in [0.05, 0.1) is 24.4 Å². The number of terminal acetylenes is 1. The second-order valence-electron chi connectivity index (χ2n) is 5.14. The minimum Gasteiger partial charge on any atom is -0.371 e. The predicted molar refractivity (Wildman–Crippen MR) is 84.9 cm³/mol. The molecular weight excluding hydrogens is 372 g/mol. The molecule has 0 saturated carbocycles. The van der Waals surface area contributed by atoms with Crippen molar-refractivity contribution >= 4 is 31.9 Å². The lowest BCUT2D eigenvalue weighted by Gasteiger charge is -2.30. The van der Waals surface area contributed by atoms with Crippen molar-refractivity contribution in [2.75, 3.05) is 0 Å². The molecule has 0 aromatic heterocycles. The molecule has 6 atom stereocenters. The average Bonchev–Trinajstić information content (AvgIpc) is 2.72. The Morgan fingerprint density at radius 3 is 2.84 bits per heavy atom. The lowest BCUT2D eigenvalue weighted by atomic mass is 10.1. The Balaban J connectivity index is 2.02. The van der Waals surface area contributed by atoms with E-state index in [9.17, 15) is 0 Å². The normalized spacial score (nSPS) is 40.0. The standard InChI is InChI=1S/C15H20Br2O2/c1-3-5-6-7-12-15-9-14(18-12)11(17)8-13(19-15)10(16)4-2/h1,5-6,10-15H,4,7-9H2,2H3/b6-5+/t10?,11-,12-,13+,14-,15-/m0/s1. The highest BCUT2D eigenvalue weighted by molar-refractivity contribution is 9.09. The second-order valence-corrected chi connectivity index (χ2v) is 7.49. The first-order valence-corrected chi connectivity index (χ1v) is 8.69. The van der Waals surface area contributed by atoms with Gasteiger partial charge in [0.2, 0.25) is 0 Å². The Morgan fingerprint density at radius 2 is 2.16 bits per heavy atom. The number of allylic oxidation sites excluding steroid dienone is 1. The van der Waals surface area contributed by atoms with Gasteiger partial charge in [-0.2, -0.15) is 0 Å². The zero-order valence-corrected chi connectivity index (χ0v) is 14.3. The van der Waals surface area contributed by atoms with E-state index in [1.165, 1.54) is 0 Å². The van der Waals surface area contributed by atoms with Gasteiger partial charge < -0.3 is 9.47 Å². The fraction of sp³-hybridized carbons (Fsp3) is 0.733. The molecule has 0 aromatic carbocycles. The topological polar surface area (TPSA) is 18.5 Å². The average molecular weight is 392 g/mol. The van der Waals surface area contributed by atoms with E-state index in [1.807, 2.05) is 6.08 Å². The maximum atomic E-state index is 6.28. The number of rotatable bonds is 4. The van der Waals surface area contributed by atoms with Crippen LogP contribution < -0.4 is 0 Å². The number of fused-ring (bicyclic) bond motifs is 2. The summed E-state index contributed by atoms with van der Waals surface area (Å²) in [4.78, 5) is 0.782. The summed E-state index contributed by atoms with van der Waals surface area (Å²) in [5.74, 6) is 2.51. The van der Waals surface area contributed by atoms with Gasteiger partial charge in [0.1, 0.15) is 0 Å². The Hall–Kier alpha value is 0.180. The van der Waals surface area contributed by atoms with Crippen molar-refractivity contribution < 1.29 is 9.47 Å². The smallest absolute Gasteiger partial charge is 0.0876 e. The van der Waals surface area contributed by atoms with Crippen molar-refractivity contribution in [2.24, 2.45) is 0 Å². The van der Waals surface area contributed by atoms with Gasteiger partial charge in [0, 0.05) is 16.1 Å². The van der Waals surface area contributed by atoms with Crippen molar-refractivity contribution in [3.05, 3.63) is 12.2 Å². The third kappa shape index (κ3) is 3.85. The van der Waals surface area contributed by atoms with E-state index in [4.69, 9.17) is 15.9 Å². The van der Waals surface area contributed by atoms with Gasteiger partial charge in [-0.15, -0.1) is 6.42 Å². The van der Waals surface area contributed by atoms with Gasteiger partial charge in [0.15, 0.2) is 0 Å². The lowest BCUT2D eigenvalue weighted by Crippen LogP contribution is -2.36. The fourth-order valence-electron chi connectivity index (χ4n) is 2.75. The second kappa shape index (κ2) is 7.26. The molecule has 4 heteroatoms. The zero-order valence-electron chi connectivity index (χ0n) is 11.1. The number of hydrogen-bond donors (Lipinski definition) is 0. The number of alkyl halides is 2. The van der Waals surface area contributed by atoms with Crippen LogP contribution in [0.15, 0.2) is 12.2 Å². The van der Waals surface area contributed by atoms with Gasteiger partial charge >= 0.3 is 0 Å². The predicted octanol–water partition coefficient (Wildman–Crippen LogP) is 3.82. The molecule has 2 saturated heterocycles. The molecule has 2 rings (SSSR count). The van der Waals surface area contributed by atoms with Crippen LogP contribution in [0, 0.1) is 12.3 Å². The first-order valence-electron chi connectivity index (χ1n) is 6.85. The third-order valence-electron chi connectivity index (χ3n) is 3.82. The molecule has 2 fully saturated rings. The first kappa shape index (κ1) is 15.6. The van der Waals surface area contributed by atoms with E-state index >= 15 is 0 Å². The highest BCUT2D eigenvalue weighted by Gasteiger charge is 2.44. The molecule has 2 aliphatic heterocycles. The van der Waals surface area contributed by atoms with E-state index in [0.717, 1.165) is 25.7 Å². The van der Waals surface area contributed by atoms with E-state index in [-0.39, 0.29) is 24.4 Å². The minimum atomic E-state index is 0.133. The minimum absolute atomic E-state index is 0.133. The molecule has 106 valence electrons. The molecule has 2 heterocycles. The Bertz CT molecular complexity index is 364. The van der Waals surface area contributed by atoms with E-state index in [1.54, 1.807) is 6.08 Å². The van der Waals surface area contributed by atoms with Crippen molar-refractivity contribution in [1.29, 1.82) is 0 Å². The van der Waals surface area contributed by atoms with Crippen LogP contribution in [0.4, 0.5) is 0 Å². The highest BCUT2D eigenvalue weighted by Crippen LogP contribution is 2.38. The summed E-state index contributed by atoms with van der Waals surface area (Å²) in [6, 6.07) is 0. The molecule has 0 aliphatic carbocycles. The summed E-state index contributed by atoms with van der Waals surface area (Å²) in [6.45, 7) is 2.18. The molecule has 0 amide bonds. The summed E-state index contributed by atoms with van der Waals surface area (Å²) >= 11 is 7.49. The fourth-order valence-corrected chi connectivity index (χ4v) is 3.80. The molecule has 0 aromatic rings. The maximum absolute atomic E-state index is 6.28. The zero-order chi connectivity index (χ0) is 13.8. The van der Waals surface area contributed by atoms with Crippen LogP contribution in [-0.4, -0.2) is 34.1 Å². The molecular formula is C15H20Br2O2. The van der Waals surface area contributed by atoms with Crippen molar-refractivity contribution in [2.45, 2.75) is 66.7 Å². The lowest BCUT2D eigenvalue weighted by molar-refractivity contribution is -0.0732. The van der Waals surface area contributed by atoms with Gasteiger partial charge in [-0.1, -0.05) is 50.8 Å². The van der Waals surface area contributed by atoms with Crippen LogP contribution in [0.1, 0.15) is 32.6 Å². The van der Waals surface area contributed by atoms with Crippen molar-refractivity contribution in [1.82, 2.24) is 0 Å². The van der Waals surface area contributed by atoms with Crippen LogP contribution >= 0.6 is 31.9 Å². The molecule has 2 bridgehead atoms. The van der Waals surface area contributed by atoms with Crippen molar-refractivity contribution in [3.63, 3.8) is 0 Å². The molecule has 2 aliphatic rings. The van der Waals surface area contributed by atoms with Gasteiger partial charge in [-0.3, -0.25) is 0 Å². The summed E-state index contributed by atoms with van der Waals surface area (Å²) < 4.78 is 12.4. The largest absolute Gasteiger partial charge is 0.371 e. The maximum Gasteiger partial charge on any atom is 0.0876 e. The van der Waals surface area contributed by atoms with E-state index in [0.29, 0.717) is 9.65 Å². The molecule has 2 nitrogen and oxygen atoms in total. The monoisotopic (exact) mass is 390 g/mol. The van der Waals surface area contributed by atoms with E-state index in [2.05, 4.69) is 44.7 Å². The molecule has 1 unspecified atom stereocenters. The van der Waals surface area contributed by atoms with Crippen LogP contribution in [-0.2, 0) is 9.47 Å². The first-order chi connectivity index (χ1) is 9.15. The molecule has 0 radical (unpaired) electrons. The molecule has 0 spiro atoms. The number of halogens is 2. The quantitative estimate of drug-likeness (QED) is 0.535. The van der Waals surface area contributed by atoms with Crippen LogP contribution in [0.25, 0.3) is 0 Å². The van der Waals surface area contributed by atoms with Crippen molar-refractivity contribution in [3.8, 4) is 12.3 Å². The van der Waals surface area contributed by atoms with Crippen LogP contribution in [0.5, 0.6) is 0 Å². The molecule has 0 N–H and O–H groups in total. The van der Waals surface area contributed by atoms with Crippen LogP contribution in [0.2, 0.25) is 0 Å². The molecule has 19 heavy (non-hydrogen) atoms.